The Balaban J connectivity index is 0.000000837. The molecule has 168 valence electrons. The van der Waals surface area contributed by atoms with E-state index in [4.69, 9.17) is 25.4 Å². The van der Waals surface area contributed by atoms with E-state index in [1.807, 2.05) is 42.5 Å². The van der Waals surface area contributed by atoms with Gasteiger partial charge in [0.1, 0.15) is 12.7 Å². The predicted octanol–water partition coefficient (Wildman–Crippen LogP) is 2.74. The van der Waals surface area contributed by atoms with E-state index in [1.54, 1.807) is 48.5 Å². The number of carbonyl (C=O) groups is 2. The Kier molecular flexibility index (Phi) is 10.6. The summed E-state index contributed by atoms with van der Waals surface area (Å²) in [4.78, 5) is 24.7. The summed E-state index contributed by atoms with van der Waals surface area (Å²) in [5.74, 6) is -0.962. The van der Waals surface area contributed by atoms with Gasteiger partial charge in [-0.2, -0.15) is 0 Å². The Morgan fingerprint density at radius 1 is 0.719 bits per heavy atom. The van der Waals surface area contributed by atoms with Crippen molar-refractivity contribution in [3.8, 4) is 0 Å². The van der Waals surface area contributed by atoms with Gasteiger partial charge in [0.05, 0.1) is 30.4 Å². The number of benzene rings is 3. The molecule has 0 saturated carbocycles. The van der Waals surface area contributed by atoms with Crippen molar-refractivity contribution in [3.05, 3.63) is 108 Å². The minimum atomic E-state index is -0.752. The molecule has 32 heavy (non-hydrogen) atoms. The first-order chi connectivity index (χ1) is 15.6. The van der Waals surface area contributed by atoms with Crippen LogP contribution in [0.4, 0.5) is 0 Å². The molecule has 0 fully saturated rings. The summed E-state index contributed by atoms with van der Waals surface area (Å²) in [5.41, 5.74) is 7.84. The molecule has 3 aromatic rings. The molecule has 3 rings (SSSR count). The molecule has 7 heteroatoms. The highest BCUT2D eigenvalue weighted by molar-refractivity contribution is 5.90. The number of aliphatic hydroxyl groups excluding tert-OH is 2. The molecule has 7 nitrogen and oxygen atoms in total. The number of aliphatic hydroxyl groups is 2. The fourth-order valence-electron chi connectivity index (χ4n) is 2.72. The van der Waals surface area contributed by atoms with Crippen LogP contribution in [0.15, 0.2) is 91.0 Å². The van der Waals surface area contributed by atoms with Gasteiger partial charge in [-0.1, -0.05) is 66.7 Å². The van der Waals surface area contributed by atoms with E-state index in [-0.39, 0.29) is 19.8 Å². The zero-order valence-electron chi connectivity index (χ0n) is 17.5. The molecule has 0 amide bonds. The lowest BCUT2D eigenvalue weighted by atomic mass is 10.0. The van der Waals surface area contributed by atoms with Crippen LogP contribution in [0.1, 0.15) is 32.4 Å². The summed E-state index contributed by atoms with van der Waals surface area (Å²) in [6.45, 7) is -0.338. The molecule has 2 atom stereocenters. The number of carbonyl (C=O) groups excluding carboxylic acids is 2. The topological polar surface area (TPSA) is 119 Å². The van der Waals surface area contributed by atoms with Gasteiger partial charge in [-0.3, -0.25) is 0 Å². The average molecular weight is 437 g/mol. The standard InChI is InChI=1S/C23H21NO4.C2H6O2/c24-20(16-27-22(25)18-12-6-2-7-13-18)21(17-10-4-1-5-11-17)28-23(26)19-14-8-3-9-15-19;3-1-2-4/h1-15,20-21H,16,24H2;3-4H,1-2H2. The number of nitrogens with two attached hydrogens (primary N) is 1. The fourth-order valence-corrected chi connectivity index (χ4v) is 2.72. The normalized spacial score (nSPS) is 12.0. The second-order valence-corrected chi connectivity index (χ2v) is 6.68. The third-order valence-corrected chi connectivity index (χ3v) is 4.28. The van der Waals surface area contributed by atoms with Gasteiger partial charge in [0.25, 0.3) is 0 Å². The third-order valence-electron chi connectivity index (χ3n) is 4.28. The first-order valence-electron chi connectivity index (χ1n) is 10.1. The van der Waals surface area contributed by atoms with Crippen molar-refractivity contribution in [2.45, 2.75) is 12.1 Å². The van der Waals surface area contributed by atoms with Crippen molar-refractivity contribution in [2.24, 2.45) is 5.73 Å². The molecule has 0 aliphatic rings. The van der Waals surface area contributed by atoms with Crippen molar-refractivity contribution >= 4 is 11.9 Å². The van der Waals surface area contributed by atoms with Crippen LogP contribution in [-0.2, 0) is 9.47 Å². The van der Waals surface area contributed by atoms with Crippen molar-refractivity contribution in [1.82, 2.24) is 0 Å². The largest absolute Gasteiger partial charge is 0.460 e. The van der Waals surface area contributed by atoms with Gasteiger partial charge < -0.3 is 25.4 Å². The quantitative estimate of drug-likeness (QED) is 0.464. The van der Waals surface area contributed by atoms with Crippen LogP contribution < -0.4 is 5.73 Å². The average Bonchev–Trinajstić information content (AvgIpc) is 2.87. The Morgan fingerprint density at radius 2 is 1.16 bits per heavy atom. The minimum Gasteiger partial charge on any atom is -0.460 e. The van der Waals surface area contributed by atoms with Gasteiger partial charge in [0, 0.05) is 0 Å². The number of ether oxygens (including phenoxy) is 2. The number of esters is 2. The second kappa shape index (κ2) is 13.7. The molecule has 0 aliphatic carbocycles. The molecule has 4 N–H and O–H groups in total. The first kappa shape index (κ1) is 24.7. The molecule has 0 aromatic heterocycles. The molecule has 2 unspecified atom stereocenters. The Morgan fingerprint density at radius 3 is 1.62 bits per heavy atom. The van der Waals surface area contributed by atoms with Crippen LogP contribution in [0, 0.1) is 0 Å². The zero-order valence-corrected chi connectivity index (χ0v) is 17.5. The van der Waals surface area contributed by atoms with E-state index in [9.17, 15) is 9.59 Å². The Labute approximate surface area is 187 Å². The zero-order chi connectivity index (χ0) is 23.2. The van der Waals surface area contributed by atoms with Crippen molar-refractivity contribution < 1.29 is 29.3 Å². The number of hydrogen-bond donors (Lipinski definition) is 3. The molecule has 0 aliphatic heterocycles. The lowest BCUT2D eigenvalue weighted by molar-refractivity contribution is 0.0107. The lowest BCUT2D eigenvalue weighted by Crippen LogP contribution is -2.36. The highest BCUT2D eigenvalue weighted by Crippen LogP contribution is 2.22. The molecule has 0 spiro atoms. The highest BCUT2D eigenvalue weighted by Gasteiger charge is 2.26. The molecule has 0 heterocycles. The van der Waals surface area contributed by atoms with E-state index in [0.29, 0.717) is 11.1 Å². The second-order valence-electron chi connectivity index (χ2n) is 6.68. The van der Waals surface area contributed by atoms with Gasteiger partial charge in [0.15, 0.2) is 0 Å². The van der Waals surface area contributed by atoms with Crippen LogP contribution in [-0.4, -0.2) is 48.0 Å². The molecular formula is C25H27NO6. The van der Waals surface area contributed by atoms with Crippen LogP contribution in [0.3, 0.4) is 0 Å². The van der Waals surface area contributed by atoms with Crippen LogP contribution in [0.5, 0.6) is 0 Å². The fraction of sp³-hybridized carbons (Fsp3) is 0.200. The molecule has 0 bridgehead atoms. The van der Waals surface area contributed by atoms with Gasteiger partial charge in [0.2, 0.25) is 0 Å². The van der Waals surface area contributed by atoms with Gasteiger partial charge in [-0.15, -0.1) is 0 Å². The highest BCUT2D eigenvalue weighted by atomic mass is 16.6. The summed E-state index contributed by atoms with van der Waals surface area (Å²) >= 11 is 0. The van der Waals surface area contributed by atoms with E-state index in [2.05, 4.69) is 0 Å². The van der Waals surface area contributed by atoms with E-state index in [0.717, 1.165) is 5.56 Å². The Hall–Kier alpha value is -3.52. The van der Waals surface area contributed by atoms with E-state index >= 15 is 0 Å². The van der Waals surface area contributed by atoms with Crippen molar-refractivity contribution in [1.29, 1.82) is 0 Å². The SMILES string of the molecule is NC(COC(=O)c1ccccc1)C(OC(=O)c1ccccc1)c1ccccc1.OCCO. The maximum Gasteiger partial charge on any atom is 0.338 e. The molecule has 0 radical (unpaired) electrons. The smallest absolute Gasteiger partial charge is 0.338 e. The van der Waals surface area contributed by atoms with Crippen LogP contribution >= 0.6 is 0 Å². The number of hydrogen-bond acceptors (Lipinski definition) is 7. The summed E-state index contributed by atoms with van der Waals surface area (Å²) in [6, 6.07) is 25.8. The predicted molar refractivity (Wildman–Crippen MR) is 120 cm³/mol. The van der Waals surface area contributed by atoms with Crippen LogP contribution in [0.2, 0.25) is 0 Å². The van der Waals surface area contributed by atoms with Gasteiger partial charge >= 0.3 is 11.9 Å². The van der Waals surface area contributed by atoms with Crippen molar-refractivity contribution in [3.63, 3.8) is 0 Å². The Bertz CT molecular complexity index is 932. The van der Waals surface area contributed by atoms with Gasteiger partial charge in [-0.25, -0.2) is 9.59 Å². The first-order valence-corrected chi connectivity index (χ1v) is 10.1. The maximum atomic E-state index is 12.5. The van der Waals surface area contributed by atoms with Crippen LogP contribution in [0.25, 0.3) is 0 Å². The van der Waals surface area contributed by atoms with E-state index < -0.39 is 24.1 Å². The van der Waals surface area contributed by atoms with E-state index in [1.165, 1.54) is 0 Å². The molecule has 3 aromatic carbocycles. The maximum absolute atomic E-state index is 12.5. The summed E-state index contributed by atoms with van der Waals surface area (Å²) in [7, 11) is 0. The third kappa shape index (κ3) is 7.96. The van der Waals surface area contributed by atoms with Gasteiger partial charge in [-0.05, 0) is 29.8 Å². The lowest BCUT2D eigenvalue weighted by Gasteiger charge is -2.24. The molecule has 0 saturated heterocycles. The summed E-state index contributed by atoms with van der Waals surface area (Å²) in [6.07, 6.45) is -0.752. The minimum absolute atomic E-state index is 0.0879. The van der Waals surface area contributed by atoms with Crippen molar-refractivity contribution in [2.75, 3.05) is 19.8 Å². The summed E-state index contributed by atoms with van der Waals surface area (Å²) < 4.78 is 11.0. The number of rotatable bonds is 8. The summed E-state index contributed by atoms with van der Waals surface area (Å²) in [5, 5.41) is 15.2. The molecular weight excluding hydrogens is 410 g/mol. The monoisotopic (exact) mass is 437 g/mol.